The number of hydrogen-bond acceptors (Lipinski definition) is 3. The fourth-order valence-corrected chi connectivity index (χ4v) is 4.02. The van der Waals surface area contributed by atoms with E-state index in [2.05, 4.69) is 15.9 Å². The van der Waals surface area contributed by atoms with Gasteiger partial charge in [-0.05, 0) is 66.4 Å². The molecule has 0 saturated carbocycles. The molecule has 0 radical (unpaired) electrons. The minimum absolute atomic E-state index is 0.0609. The molecule has 1 heterocycles. The molecule has 0 N–H and O–H groups in total. The first-order valence-corrected chi connectivity index (χ1v) is 9.54. The number of ketones is 1. The lowest BCUT2D eigenvalue weighted by Crippen LogP contribution is -2.29. The first kappa shape index (κ1) is 18.1. The third-order valence-electron chi connectivity index (χ3n) is 3.97. The van der Waals surface area contributed by atoms with Crippen molar-refractivity contribution in [2.45, 2.75) is 24.3 Å². The molecule has 0 aromatic heterocycles. The lowest BCUT2D eigenvalue weighted by Gasteiger charge is -2.18. The molecule has 2 aromatic rings. The monoisotopic (exact) mass is 424 g/mol. The van der Waals surface area contributed by atoms with Gasteiger partial charge in [-0.15, -0.1) is 11.8 Å². The van der Waals surface area contributed by atoms with Gasteiger partial charge in [-0.3, -0.25) is 4.79 Å². The molecule has 0 atom stereocenters. The highest BCUT2D eigenvalue weighted by Gasteiger charge is 2.43. The maximum absolute atomic E-state index is 14.3. The highest BCUT2D eigenvalue weighted by Crippen LogP contribution is 2.43. The van der Waals surface area contributed by atoms with Crippen molar-refractivity contribution in [3.63, 3.8) is 0 Å². The highest BCUT2D eigenvalue weighted by atomic mass is 79.9. The molecule has 1 aliphatic heterocycles. The molecule has 2 nitrogen and oxygen atoms in total. The van der Waals surface area contributed by atoms with Crippen LogP contribution in [0.15, 0.2) is 45.8 Å². The minimum atomic E-state index is -1.14. The normalized spacial score (nSPS) is 16.3. The van der Waals surface area contributed by atoms with Gasteiger partial charge in [-0.2, -0.15) is 0 Å². The third kappa shape index (κ3) is 3.25. The molecule has 130 valence electrons. The van der Waals surface area contributed by atoms with Crippen molar-refractivity contribution in [1.82, 2.24) is 0 Å². The van der Waals surface area contributed by atoms with E-state index in [1.807, 2.05) is 18.4 Å². The van der Waals surface area contributed by atoms with E-state index in [1.165, 1.54) is 0 Å². The zero-order chi connectivity index (χ0) is 18.4. The molecule has 0 amide bonds. The Hall–Kier alpha value is -1.66. The number of ether oxygens (including phenoxy) is 1. The summed E-state index contributed by atoms with van der Waals surface area (Å²) in [4.78, 5) is 13.8. The van der Waals surface area contributed by atoms with Gasteiger partial charge in [0.2, 0.25) is 5.78 Å². The lowest BCUT2D eigenvalue weighted by atomic mass is 9.92. The van der Waals surface area contributed by atoms with Crippen LogP contribution in [-0.2, 0) is 9.53 Å². The summed E-state index contributed by atoms with van der Waals surface area (Å²) in [5.74, 6) is -1.40. The maximum Gasteiger partial charge on any atom is 0.210 e. The molecular formula is C19H15BrF2O2S. The molecule has 3 rings (SSSR count). The van der Waals surface area contributed by atoms with Crippen LogP contribution < -0.4 is 0 Å². The quantitative estimate of drug-likeness (QED) is 0.591. The summed E-state index contributed by atoms with van der Waals surface area (Å²) in [7, 11) is 0. The van der Waals surface area contributed by atoms with Crippen molar-refractivity contribution in [1.29, 1.82) is 0 Å². The largest absolute Gasteiger partial charge is 0.478 e. The molecule has 2 aromatic carbocycles. The molecule has 25 heavy (non-hydrogen) atoms. The number of thioether (sulfide) groups is 1. The molecular weight excluding hydrogens is 410 g/mol. The van der Waals surface area contributed by atoms with E-state index in [9.17, 15) is 13.6 Å². The van der Waals surface area contributed by atoms with Crippen LogP contribution >= 0.6 is 27.7 Å². The van der Waals surface area contributed by atoms with Crippen molar-refractivity contribution in [2.75, 3.05) is 6.26 Å². The molecule has 0 fully saturated rings. The highest BCUT2D eigenvalue weighted by molar-refractivity contribution is 9.10. The first-order valence-electron chi connectivity index (χ1n) is 7.52. The molecule has 0 bridgehead atoms. The van der Waals surface area contributed by atoms with Gasteiger partial charge in [0, 0.05) is 20.5 Å². The van der Waals surface area contributed by atoms with Crippen LogP contribution in [0.2, 0.25) is 0 Å². The van der Waals surface area contributed by atoms with Crippen molar-refractivity contribution >= 4 is 44.8 Å². The summed E-state index contributed by atoms with van der Waals surface area (Å²) in [6.45, 7) is 3.23. The summed E-state index contributed by atoms with van der Waals surface area (Å²) in [6.07, 6.45) is 1.95. The van der Waals surface area contributed by atoms with E-state index in [0.717, 1.165) is 27.6 Å². The van der Waals surface area contributed by atoms with E-state index in [-0.39, 0.29) is 22.7 Å². The number of hydrogen-bond donors (Lipinski definition) is 0. The fraction of sp³-hybridized carbons (Fsp3) is 0.211. The SMILES string of the molecule is CSc1ccc(C2=C(c3cc(F)ccc3F)C(=O)C(C)(C)O2)cc1Br. The average Bonchev–Trinajstić information content (AvgIpc) is 2.80. The Morgan fingerprint density at radius 3 is 2.48 bits per heavy atom. The number of Topliss-reactive ketones (excluding diaryl/α,β-unsaturated/α-hetero) is 1. The summed E-state index contributed by atoms with van der Waals surface area (Å²) in [5.41, 5.74) is -0.544. The van der Waals surface area contributed by atoms with E-state index in [4.69, 9.17) is 4.74 Å². The van der Waals surface area contributed by atoms with Crippen LogP contribution in [0.1, 0.15) is 25.0 Å². The molecule has 1 aliphatic rings. The van der Waals surface area contributed by atoms with Gasteiger partial charge in [0.15, 0.2) is 5.60 Å². The van der Waals surface area contributed by atoms with E-state index in [1.54, 1.807) is 31.7 Å². The van der Waals surface area contributed by atoms with Gasteiger partial charge >= 0.3 is 0 Å². The van der Waals surface area contributed by atoms with Crippen LogP contribution in [0.3, 0.4) is 0 Å². The average molecular weight is 425 g/mol. The predicted molar refractivity (Wildman–Crippen MR) is 99.3 cm³/mol. The molecule has 0 spiro atoms. The summed E-state index contributed by atoms with van der Waals surface area (Å²) in [5, 5.41) is 0. The lowest BCUT2D eigenvalue weighted by molar-refractivity contribution is -0.125. The second kappa shape index (κ2) is 6.57. The number of halogens is 3. The summed E-state index contributed by atoms with van der Waals surface area (Å²) < 4.78 is 34.7. The van der Waals surface area contributed by atoms with Gasteiger partial charge in [-0.25, -0.2) is 8.78 Å². The topological polar surface area (TPSA) is 26.3 Å². The predicted octanol–water partition coefficient (Wildman–Crippen LogP) is 5.70. The molecule has 6 heteroatoms. The summed E-state index contributed by atoms with van der Waals surface area (Å²) >= 11 is 5.05. The Kier molecular flexibility index (Phi) is 4.77. The van der Waals surface area contributed by atoms with E-state index in [0.29, 0.717) is 5.56 Å². The van der Waals surface area contributed by atoms with Gasteiger partial charge in [0.25, 0.3) is 0 Å². The van der Waals surface area contributed by atoms with Crippen molar-refractivity contribution in [2.24, 2.45) is 0 Å². The molecule has 0 aliphatic carbocycles. The first-order chi connectivity index (χ1) is 11.7. The molecule has 0 unspecified atom stereocenters. The van der Waals surface area contributed by atoms with Crippen molar-refractivity contribution in [3.05, 3.63) is 63.6 Å². The van der Waals surface area contributed by atoms with Crippen molar-refractivity contribution in [3.8, 4) is 0 Å². The van der Waals surface area contributed by atoms with Gasteiger partial charge < -0.3 is 4.74 Å². The Balaban J connectivity index is 2.25. The van der Waals surface area contributed by atoms with E-state index < -0.39 is 17.2 Å². The standard InChI is InChI=1S/C19H15BrF2O2S/c1-19(2)18(23)16(12-9-11(21)5-6-14(12)22)17(24-19)10-4-7-15(25-3)13(20)8-10/h4-9H,1-3H3. The Bertz CT molecular complexity index is 906. The van der Waals surface area contributed by atoms with E-state index >= 15 is 0 Å². The smallest absolute Gasteiger partial charge is 0.210 e. The zero-order valence-corrected chi connectivity index (χ0v) is 16.2. The van der Waals surface area contributed by atoms with Gasteiger partial charge in [-0.1, -0.05) is 6.07 Å². The fourth-order valence-electron chi connectivity index (χ4n) is 2.70. The maximum atomic E-state index is 14.3. The van der Waals surface area contributed by atoms with Gasteiger partial charge in [0.05, 0.1) is 5.57 Å². The summed E-state index contributed by atoms with van der Waals surface area (Å²) in [6, 6.07) is 8.56. The van der Waals surface area contributed by atoms with Gasteiger partial charge in [0.1, 0.15) is 17.4 Å². The number of carbonyl (C=O) groups excluding carboxylic acids is 1. The van der Waals surface area contributed by atoms with Crippen LogP contribution in [0, 0.1) is 11.6 Å². The minimum Gasteiger partial charge on any atom is -0.478 e. The van der Waals surface area contributed by atoms with Crippen LogP contribution in [0.25, 0.3) is 11.3 Å². The van der Waals surface area contributed by atoms with Crippen molar-refractivity contribution < 1.29 is 18.3 Å². The van der Waals surface area contributed by atoms with Crippen LogP contribution in [-0.4, -0.2) is 17.6 Å². The Labute approximate surface area is 157 Å². The van der Waals surface area contributed by atoms with Crippen LogP contribution in [0.5, 0.6) is 0 Å². The number of rotatable bonds is 3. The van der Waals surface area contributed by atoms with Crippen LogP contribution in [0.4, 0.5) is 8.78 Å². The Morgan fingerprint density at radius 2 is 1.84 bits per heavy atom. The second-order valence-corrected chi connectivity index (χ2v) is 7.82. The number of carbonyl (C=O) groups is 1. The zero-order valence-electron chi connectivity index (χ0n) is 13.8. The third-order valence-corrected chi connectivity index (χ3v) is 5.68. The second-order valence-electron chi connectivity index (χ2n) is 6.12. The Morgan fingerprint density at radius 1 is 1.12 bits per heavy atom. The molecule has 0 saturated heterocycles. The number of benzene rings is 2.